The lowest BCUT2D eigenvalue weighted by molar-refractivity contribution is -0.117. The Bertz CT molecular complexity index is 1260. The van der Waals surface area contributed by atoms with Crippen molar-refractivity contribution in [3.63, 3.8) is 0 Å². The third kappa shape index (κ3) is 4.18. The molecule has 4 rings (SSSR count). The van der Waals surface area contributed by atoms with Crippen molar-refractivity contribution in [2.75, 3.05) is 29.4 Å². The predicted octanol–water partition coefficient (Wildman–Crippen LogP) is 4.44. The number of anilines is 2. The van der Waals surface area contributed by atoms with Crippen LogP contribution in [0.15, 0.2) is 71.6 Å². The number of amides is 1. The third-order valence-electron chi connectivity index (χ3n) is 5.49. The highest BCUT2D eigenvalue weighted by molar-refractivity contribution is 7.92. The Morgan fingerprint density at radius 2 is 1.81 bits per heavy atom. The summed E-state index contributed by atoms with van der Waals surface area (Å²) in [4.78, 5) is 15.1. The summed E-state index contributed by atoms with van der Waals surface area (Å²) in [5, 5.41) is 0.337. The molecule has 0 fully saturated rings. The number of hydrogen-bond acceptors (Lipinski definition) is 4. The summed E-state index contributed by atoms with van der Waals surface area (Å²) in [7, 11) is -2.63. The van der Waals surface area contributed by atoms with Gasteiger partial charge in [0.1, 0.15) is 12.3 Å². The van der Waals surface area contributed by atoms with Crippen molar-refractivity contribution in [1.82, 2.24) is 0 Å². The van der Waals surface area contributed by atoms with Crippen molar-refractivity contribution >= 4 is 38.9 Å². The number of carbonyl (C=O) groups excluding carboxylic acids is 1. The number of sulfonamides is 1. The molecule has 0 aromatic heterocycles. The van der Waals surface area contributed by atoms with Gasteiger partial charge < -0.3 is 9.64 Å². The lowest BCUT2D eigenvalue weighted by Gasteiger charge is -2.28. The van der Waals surface area contributed by atoms with Crippen LogP contribution in [0.3, 0.4) is 0 Å². The Hall–Kier alpha value is -3.03. The predicted molar refractivity (Wildman–Crippen MR) is 126 cm³/mol. The van der Waals surface area contributed by atoms with E-state index in [0.717, 1.165) is 27.5 Å². The number of aryl methyl sites for hydroxylation is 1. The summed E-state index contributed by atoms with van der Waals surface area (Å²) in [5.74, 6) is -0.0209. The molecule has 166 valence electrons. The molecule has 0 bridgehead atoms. The molecule has 0 atom stereocenters. The lowest BCUT2D eigenvalue weighted by atomic mass is 10.2. The van der Waals surface area contributed by atoms with Gasteiger partial charge in [0, 0.05) is 17.3 Å². The largest absolute Gasteiger partial charge is 0.495 e. The topological polar surface area (TPSA) is 66.9 Å². The van der Waals surface area contributed by atoms with Crippen LogP contribution in [0.25, 0.3) is 0 Å². The minimum Gasteiger partial charge on any atom is -0.495 e. The van der Waals surface area contributed by atoms with Gasteiger partial charge in [0.2, 0.25) is 5.91 Å². The molecule has 6 nitrogen and oxygen atoms in total. The van der Waals surface area contributed by atoms with E-state index in [0.29, 0.717) is 17.3 Å². The second-order valence-corrected chi connectivity index (χ2v) is 9.86. The molecule has 32 heavy (non-hydrogen) atoms. The summed E-state index contributed by atoms with van der Waals surface area (Å²) in [6.07, 6.45) is 0.729. The monoisotopic (exact) mass is 470 g/mol. The van der Waals surface area contributed by atoms with E-state index >= 15 is 0 Å². The van der Waals surface area contributed by atoms with Gasteiger partial charge >= 0.3 is 0 Å². The zero-order valence-electron chi connectivity index (χ0n) is 17.8. The average molecular weight is 471 g/mol. The van der Waals surface area contributed by atoms with Crippen molar-refractivity contribution in [2.45, 2.75) is 18.2 Å². The number of carbonyl (C=O) groups is 1. The fraction of sp³-hybridized carbons (Fsp3) is 0.208. The van der Waals surface area contributed by atoms with E-state index in [-0.39, 0.29) is 23.0 Å². The quantitative estimate of drug-likeness (QED) is 0.534. The standard InChI is InChI=1S/C24H23ClN2O4S/c1-17-7-10-20(11-8-17)32(29,30)27(22-15-19(25)9-12-23(22)31-2)16-24(28)26-14-13-18-5-3-4-6-21(18)26/h3-12,15H,13-14,16H2,1-2H3. The molecule has 1 heterocycles. The molecule has 1 aliphatic heterocycles. The Morgan fingerprint density at radius 3 is 2.53 bits per heavy atom. The molecular formula is C24H23ClN2O4S. The summed E-state index contributed by atoms with van der Waals surface area (Å²) < 4.78 is 33.8. The maximum absolute atomic E-state index is 13.7. The minimum absolute atomic E-state index is 0.0831. The van der Waals surface area contributed by atoms with Gasteiger partial charge in [0.15, 0.2) is 0 Å². The van der Waals surface area contributed by atoms with E-state index in [1.54, 1.807) is 29.2 Å². The number of para-hydroxylation sites is 1. The molecule has 0 aliphatic carbocycles. The zero-order chi connectivity index (χ0) is 22.9. The van der Waals surface area contributed by atoms with Crippen molar-refractivity contribution in [2.24, 2.45) is 0 Å². The number of methoxy groups -OCH3 is 1. The molecule has 1 amide bonds. The molecule has 0 saturated carbocycles. The van der Waals surface area contributed by atoms with Gasteiger partial charge in [-0.05, 0) is 55.3 Å². The smallest absolute Gasteiger partial charge is 0.264 e. The molecule has 0 N–H and O–H groups in total. The maximum Gasteiger partial charge on any atom is 0.264 e. The summed E-state index contributed by atoms with van der Waals surface area (Å²) in [6, 6.07) is 18.8. The molecular weight excluding hydrogens is 448 g/mol. The summed E-state index contributed by atoms with van der Waals surface area (Å²) >= 11 is 6.19. The molecule has 0 radical (unpaired) electrons. The van der Waals surface area contributed by atoms with Crippen molar-refractivity contribution in [3.05, 3.63) is 82.9 Å². The van der Waals surface area contributed by atoms with Crippen LogP contribution < -0.4 is 13.9 Å². The number of benzene rings is 3. The Balaban J connectivity index is 1.77. The van der Waals surface area contributed by atoms with Gasteiger partial charge in [-0.25, -0.2) is 8.42 Å². The van der Waals surface area contributed by atoms with Crippen LogP contribution in [0, 0.1) is 6.92 Å². The number of hydrogen-bond donors (Lipinski definition) is 0. The van der Waals surface area contributed by atoms with E-state index < -0.39 is 10.0 Å². The van der Waals surface area contributed by atoms with Gasteiger partial charge in [-0.3, -0.25) is 9.10 Å². The van der Waals surface area contributed by atoms with Crippen molar-refractivity contribution in [3.8, 4) is 5.75 Å². The first kappa shape index (κ1) is 22.2. The molecule has 3 aromatic rings. The molecule has 3 aromatic carbocycles. The lowest BCUT2D eigenvalue weighted by Crippen LogP contribution is -2.42. The van der Waals surface area contributed by atoms with Gasteiger partial charge in [0.25, 0.3) is 10.0 Å². The van der Waals surface area contributed by atoms with Crippen molar-refractivity contribution in [1.29, 1.82) is 0 Å². The van der Waals surface area contributed by atoms with E-state index in [1.165, 1.54) is 25.3 Å². The molecule has 0 saturated heterocycles. The third-order valence-corrected chi connectivity index (χ3v) is 7.49. The fourth-order valence-electron chi connectivity index (χ4n) is 3.80. The first-order chi connectivity index (χ1) is 15.3. The minimum atomic E-state index is -4.08. The van der Waals surface area contributed by atoms with Crippen LogP contribution in [-0.2, 0) is 21.2 Å². The first-order valence-corrected chi connectivity index (χ1v) is 11.9. The zero-order valence-corrected chi connectivity index (χ0v) is 19.4. The SMILES string of the molecule is COc1ccc(Cl)cc1N(CC(=O)N1CCc2ccccc21)S(=O)(=O)c1ccc(C)cc1. The number of halogens is 1. The fourth-order valence-corrected chi connectivity index (χ4v) is 5.38. The Kier molecular flexibility index (Phi) is 6.13. The van der Waals surface area contributed by atoms with Gasteiger partial charge in [-0.1, -0.05) is 47.5 Å². The van der Waals surface area contributed by atoms with Crippen LogP contribution in [0.2, 0.25) is 5.02 Å². The molecule has 1 aliphatic rings. The van der Waals surface area contributed by atoms with Crippen LogP contribution >= 0.6 is 11.6 Å². The number of ether oxygens (including phenoxy) is 1. The summed E-state index contributed by atoms with van der Waals surface area (Å²) in [5.41, 5.74) is 3.01. The van der Waals surface area contributed by atoms with Crippen LogP contribution in [0.4, 0.5) is 11.4 Å². The van der Waals surface area contributed by atoms with Gasteiger partial charge in [-0.2, -0.15) is 0 Å². The number of fused-ring (bicyclic) bond motifs is 1. The van der Waals surface area contributed by atoms with Crippen LogP contribution in [0.1, 0.15) is 11.1 Å². The van der Waals surface area contributed by atoms with Crippen molar-refractivity contribution < 1.29 is 17.9 Å². The number of nitrogens with zero attached hydrogens (tertiary/aromatic N) is 2. The highest BCUT2D eigenvalue weighted by Crippen LogP contribution is 2.36. The maximum atomic E-state index is 13.7. The normalized spacial score (nSPS) is 13.0. The summed E-state index contributed by atoms with van der Waals surface area (Å²) in [6.45, 7) is 1.99. The molecule has 0 unspecified atom stereocenters. The average Bonchev–Trinajstić information content (AvgIpc) is 3.22. The van der Waals surface area contributed by atoms with E-state index in [1.807, 2.05) is 31.2 Å². The van der Waals surface area contributed by atoms with Crippen LogP contribution in [0.5, 0.6) is 5.75 Å². The van der Waals surface area contributed by atoms with Gasteiger partial charge in [-0.15, -0.1) is 0 Å². The Labute approximate surface area is 193 Å². The molecule has 8 heteroatoms. The van der Waals surface area contributed by atoms with E-state index in [2.05, 4.69) is 0 Å². The second-order valence-electron chi connectivity index (χ2n) is 7.56. The Morgan fingerprint density at radius 1 is 1.09 bits per heavy atom. The first-order valence-electron chi connectivity index (χ1n) is 10.1. The highest BCUT2D eigenvalue weighted by Gasteiger charge is 2.33. The van der Waals surface area contributed by atoms with Crippen LogP contribution in [-0.4, -0.2) is 34.5 Å². The second kappa shape index (κ2) is 8.84. The van der Waals surface area contributed by atoms with Gasteiger partial charge in [0.05, 0.1) is 17.7 Å². The van der Waals surface area contributed by atoms with E-state index in [4.69, 9.17) is 16.3 Å². The highest BCUT2D eigenvalue weighted by atomic mass is 35.5. The van der Waals surface area contributed by atoms with E-state index in [9.17, 15) is 13.2 Å². The molecule has 0 spiro atoms. The number of rotatable bonds is 6.